The fraction of sp³-hybridized carbons (Fsp3) is 0.370. The number of halogens is 1. The Bertz CT molecular complexity index is 1390. The first-order valence-electron chi connectivity index (χ1n) is 11.6. The molecule has 0 aliphatic heterocycles. The number of carbonyl (C=O) groups excluding carboxylic acids is 1. The van der Waals surface area contributed by atoms with Gasteiger partial charge in [0, 0.05) is 23.6 Å². The Morgan fingerprint density at radius 2 is 2.00 bits per heavy atom. The van der Waals surface area contributed by atoms with Crippen LogP contribution in [0.4, 0.5) is 10.1 Å². The van der Waals surface area contributed by atoms with E-state index < -0.39 is 27.3 Å². The van der Waals surface area contributed by atoms with Crippen LogP contribution in [0, 0.1) is 18.7 Å². The lowest BCUT2D eigenvalue weighted by molar-refractivity contribution is 0.0123. The molecule has 0 aromatic heterocycles. The Hall–Kier alpha value is -2.97. The van der Waals surface area contributed by atoms with Gasteiger partial charge in [0.1, 0.15) is 5.82 Å². The van der Waals surface area contributed by atoms with Crippen LogP contribution in [0.5, 0.6) is 0 Å². The van der Waals surface area contributed by atoms with Crippen LogP contribution in [0.2, 0.25) is 0 Å². The Kier molecular flexibility index (Phi) is 6.18. The highest BCUT2D eigenvalue weighted by Gasteiger charge is 2.38. The highest BCUT2D eigenvalue weighted by Crippen LogP contribution is 2.51. The molecule has 2 aliphatic carbocycles. The number of primary amides is 1. The number of hydrogen-bond acceptors (Lipinski definition) is 4. The molecule has 0 saturated heterocycles. The molecule has 0 radical (unpaired) electrons. The van der Waals surface area contributed by atoms with Gasteiger partial charge in [-0.1, -0.05) is 24.3 Å². The van der Waals surface area contributed by atoms with Gasteiger partial charge in [0.05, 0.1) is 11.3 Å². The lowest BCUT2D eigenvalue weighted by atomic mass is 9.75. The SMILES string of the molecule is C=CS(=O)(=O)N(C)c1cccc(-c2c(F)cc(C(N)=O)c3c2C2=C(C3)C[C@H](C(C)(C)O)CC2)c1C. The highest BCUT2D eigenvalue weighted by molar-refractivity contribution is 7.95. The maximum absolute atomic E-state index is 15.8. The summed E-state index contributed by atoms with van der Waals surface area (Å²) in [6.07, 6.45) is 2.52. The zero-order valence-corrected chi connectivity index (χ0v) is 21.3. The number of aliphatic hydroxyl groups is 1. The Balaban J connectivity index is 1.95. The third-order valence-electron chi connectivity index (χ3n) is 7.51. The van der Waals surface area contributed by atoms with E-state index in [1.54, 1.807) is 39.0 Å². The number of hydrogen-bond donors (Lipinski definition) is 2. The molecular formula is C27H31FN2O4S. The first-order chi connectivity index (χ1) is 16.3. The van der Waals surface area contributed by atoms with Crippen LogP contribution in [0.1, 0.15) is 60.2 Å². The number of sulfonamides is 1. The second-order valence-corrected chi connectivity index (χ2v) is 11.9. The molecule has 1 atom stereocenters. The topological polar surface area (TPSA) is 101 Å². The van der Waals surface area contributed by atoms with Crippen LogP contribution in [-0.4, -0.2) is 32.1 Å². The molecular weight excluding hydrogens is 467 g/mol. The summed E-state index contributed by atoms with van der Waals surface area (Å²) in [4.78, 5) is 12.3. The van der Waals surface area contributed by atoms with Crippen molar-refractivity contribution in [1.82, 2.24) is 0 Å². The van der Waals surface area contributed by atoms with Crippen molar-refractivity contribution >= 4 is 27.2 Å². The standard InChI is InChI=1S/C27H31FN2O4S/c1-6-35(33,34)30(5)23-9-7-8-18(15(23)2)25-22(28)14-21(26(29)31)20-13-16-12-17(27(3,4)32)10-11-19(16)24(20)25/h6-9,14,17,32H,1,10-13H2,2-5H3,(H2,29,31)/t17-/m1/s1. The summed E-state index contributed by atoms with van der Waals surface area (Å²) in [6.45, 7) is 8.74. The number of rotatable bonds is 6. The summed E-state index contributed by atoms with van der Waals surface area (Å²) in [5.41, 5.74) is 10.3. The summed E-state index contributed by atoms with van der Waals surface area (Å²) in [5.74, 6) is -1.21. The van der Waals surface area contributed by atoms with Gasteiger partial charge < -0.3 is 10.8 Å². The maximum atomic E-state index is 15.8. The van der Waals surface area contributed by atoms with Crippen LogP contribution < -0.4 is 10.0 Å². The van der Waals surface area contributed by atoms with Crippen molar-refractivity contribution in [1.29, 1.82) is 0 Å². The summed E-state index contributed by atoms with van der Waals surface area (Å²) in [6, 6.07) is 6.31. The number of nitrogens with two attached hydrogens (primary N) is 1. The molecule has 0 bridgehead atoms. The fourth-order valence-electron chi connectivity index (χ4n) is 5.49. The molecule has 4 rings (SSSR count). The number of nitrogens with zero attached hydrogens (tertiary/aromatic N) is 1. The number of anilines is 1. The van der Waals surface area contributed by atoms with Crippen molar-refractivity contribution in [3.8, 4) is 11.1 Å². The van der Waals surface area contributed by atoms with Gasteiger partial charge in [0.15, 0.2) is 0 Å². The average Bonchev–Trinajstić information content (AvgIpc) is 3.16. The number of benzene rings is 2. The van der Waals surface area contributed by atoms with Crippen molar-refractivity contribution in [2.45, 2.75) is 52.1 Å². The minimum absolute atomic E-state index is 0.0590. The van der Waals surface area contributed by atoms with E-state index in [1.807, 2.05) is 0 Å². The van der Waals surface area contributed by atoms with Crippen LogP contribution in [0.25, 0.3) is 16.7 Å². The van der Waals surface area contributed by atoms with Gasteiger partial charge in [-0.3, -0.25) is 9.10 Å². The van der Waals surface area contributed by atoms with Crippen LogP contribution in [-0.2, 0) is 16.4 Å². The van der Waals surface area contributed by atoms with Crippen molar-refractivity contribution in [3.05, 3.63) is 69.9 Å². The quantitative estimate of drug-likeness (QED) is 0.603. The molecule has 186 valence electrons. The van der Waals surface area contributed by atoms with Gasteiger partial charge >= 0.3 is 0 Å². The normalized spacial score (nSPS) is 17.7. The second kappa shape index (κ2) is 8.60. The van der Waals surface area contributed by atoms with E-state index in [0.717, 1.165) is 27.3 Å². The lowest BCUT2D eigenvalue weighted by Gasteiger charge is -2.33. The van der Waals surface area contributed by atoms with Crippen LogP contribution in [0.15, 0.2) is 41.8 Å². The van der Waals surface area contributed by atoms with Gasteiger partial charge in [-0.2, -0.15) is 0 Å². The molecule has 0 spiro atoms. The molecule has 1 amide bonds. The highest BCUT2D eigenvalue weighted by atomic mass is 32.2. The molecule has 6 nitrogen and oxygen atoms in total. The number of amides is 1. The lowest BCUT2D eigenvalue weighted by Crippen LogP contribution is -2.32. The van der Waals surface area contributed by atoms with Crippen molar-refractivity contribution in [3.63, 3.8) is 0 Å². The molecule has 0 fully saturated rings. The monoisotopic (exact) mass is 498 g/mol. The Morgan fingerprint density at radius 1 is 1.31 bits per heavy atom. The smallest absolute Gasteiger partial charge is 0.256 e. The summed E-state index contributed by atoms with van der Waals surface area (Å²) in [7, 11) is -2.31. The Morgan fingerprint density at radius 3 is 2.60 bits per heavy atom. The molecule has 0 saturated carbocycles. The van der Waals surface area contributed by atoms with Gasteiger partial charge in [-0.25, -0.2) is 12.8 Å². The van der Waals surface area contributed by atoms with Crippen molar-refractivity contribution < 1.29 is 22.7 Å². The number of carbonyl (C=O) groups is 1. The van der Waals surface area contributed by atoms with Crippen molar-refractivity contribution in [2.24, 2.45) is 11.7 Å². The first-order valence-corrected chi connectivity index (χ1v) is 13.1. The second-order valence-electron chi connectivity index (χ2n) is 9.98. The van der Waals surface area contributed by atoms with Gasteiger partial charge in [-0.05, 0) is 92.3 Å². The van der Waals surface area contributed by atoms with Crippen LogP contribution in [0.3, 0.4) is 0 Å². The minimum atomic E-state index is -3.74. The van der Waals surface area contributed by atoms with E-state index in [1.165, 1.54) is 13.1 Å². The molecule has 2 aliphatic rings. The zero-order valence-electron chi connectivity index (χ0n) is 20.5. The van der Waals surface area contributed by atoms with Gasteiger partial charge in [0.2, 0.25) is 5.91 Å². The van der Waals surface area contributed by atoms with Crippen LogP contribution >= 0.6 is 0 Å². The molecule has 0 heterocycles. The van der Waals surface area contributed by atoms with E-state index in [2.05, 4.69) is 6.58 Å². The average molecular weight is 499 g/mol. The predicted octanol–water partition coefficient (Wildman–Crippen LogP) is 4.69. The Labute approximate surface area is 206 Å². The van der Waals surface area contributed by atoms with E-state index >= 15 is 4.39 Å². The molecule has 8 heteroatoms. The zero-order chi connectivity index (χ0) is 25.9. The fourth-order valence-corrected chi connectivity index (χ4v) is 6.19. The van der Waals surface area contributed by atoms with Gasteiger partial charge in [0.25, 0.3) is 10.0 Å². The van der Waals surface area contributed by atoms with Crippen molar-refractivity contribution in [2.75, 3.05) is 11.4 Å². The molecule has 3 N–H and O–H groups in total. The third-order valence-corrected chi connectivity index (χ3v) is 8.89. The maximum Gasteiger partial charge on any atom is 0.256 e. The molecule has 0 unspecified atom stereocenters. The molecule has 2 aromatic rings. The van der Waals surface area contributed by atoms with E-state index in [9.17, 15) is 18.3 Å². The molecule has 35 heavy (non-hydrogen) atoms. The minimum Gasteiger partial charge on any atom is -0.390 e. The predicted molar refractivity (Wildman–Crippen MR) is 137 cm³/mol. The summed E-state index contributed by atoms with van der Waals surface area (Å²) < 4.78 is 41.7. The summed E-state index contributed by atoms with van der Waals surface area (Å²) >= 11 is 0. The third kappa shape index (κ3) is 4.19. The number of fused-ring (bicyclic) bond motifs is 2. The van der Waals surface area contributed by atoms with E-state index in [4.69, 9.17) is 5.73 Å². The molecule has 2 aromatic carbocycles. The van der Waals surface area contributed by atoms with E-state index in [0.29, 0.717) is 52.8 Å². The van der Waals surface area contributed by atoms with Gasteiger partial charge in [-0.15, -0.1) is 0 Å². The van der Waals surface area contributed by atoms with E-state index in [-0.39, 0.29) is 11.5 Å². The largest absolute Gasteiger partial charge is 0.390 e. The summed E-state index contributed by atoms with van der Waals surface area (Å²) in [5, 5.41) is 11.5. The first kappa shape index (κ1) is 25.1. The number of allylic oxidation sites excluding steroid dienone is 2.